The van der Waals surface area contributed by atoms with Gasteiger partial charge in [0.1, 0.15) is 18.5 Å². The molecule has 0 bridgehead atoms. The normalized spacial score (nSPS) is 14.4. The van der Waals surface area contributed by atoms with E-state index in [-0.39, 0.29) is 24.9 Å². The summed E-state index contributed by atoms with van der Waals surface area (Å²) in [7, 11) is 0. The molecule has 2 rings (SSSR count). The standard InChI is InChI=1S/C16H20F3N3O2/c1-10(15-8-21-22-11(15)2)20-7-13(23)9-24-14-5-3-4-12(6-14)16(17,18)19/h3-6,8,10,13,20,23H,7,9H2,1-2H3,(H,21,22). The van der Waals surface area contributed by atoms with E-state index in [0.717, 1.165) is 23.4 Å². The molecule has 2 unspecified atom stereocenters. The summed E-state index contributed by atoms with van der Waals surface area (Å²) in [4.78, 5) is 0. The van der Waals surface area contributed by atoms with Crippen molar-refractivity contribution in [2.24, 2.45) is 0 Å². The van der Waals surface area contributed by atoms with E-state index >= 15 is 0 Å². The van der Waals surface area contributed by atoms with Crippen LogP contribution in [0.3, 0.4) is 0 Å². The molecule has 8 heteroatoms. The molecule has 0 fully saturated rings. The minimum Gasteiger partial charge on any atom is -0.491 e. The molecule has 0 aliphatic heterocycles. The molecule has 0 spiro atoms. The average Bonchev–Trinajstić information content (AvgIpc) is 2.96. The predicted molar refractivity (Wildman–Crippen MR) is 82.7 cm³/mol. The lowest BCUT2D eigenvalue weighted by atomic mass is 10.1. The van der Waals surface area contributed by atoms with Crippen LogP contribution in [0, 0.1) is 6.92 Å². The summed E-state index contributed by atoms with van der Waals surface area (Å²) in [6.07, 6.45) is -3.56. The Morgan fingerprint density at radius 2 is 2.12 bits per heavy atom. The number of aliphatic hydroxyl groups is 1. The molecule has 3 N–H and O–H groups in total. The van der Waals surface area contributed by atoms with Crippen molar-refractivity contribution in [1.82, 2.24) is 15.5 Å². The Labute approximate surface area is 137 Å². The average molecular weight is 343 g/mol. The summed E-state index contributed by atoms with van der Waals surface area (Å²) in [6.45, 7) is 3.96. The number of aliphatic hydroxyl groups excluding tert-OH is 1. The number of halogens is 3. The zero-order valence-corrected chi connectivity index (χ0v) is 13.4. The molecule has 2 aromatic rings. The van der Waals surface area contributed by atoms with Crippen LogP contribution < -0.4 is 10.1 Å². The Bertz CT molecular complexity index is 658. The first-order valence-corrected chi connectivity index (χ1v) is 7.48. The number of ether oxygens (including phenoxy) is 1. The van der Waals surface area contributed by atoms with E-state index < -0.39 is 17.8 Å². The first kappa shape index (κ1) is 18.3. The summed E-state index contributed by atoms with van der Waals surface area (Å²) in [6, 6.07) is 4.56. The van der Waals surface area contributed by atoms with E-state index in [4.69, 9.17) is 4.74 Å². The molecule has 0 radical (unpaired) electrons. The number of alkyl halides is 3. The SMILES string of the molecule is Cc1[nH]ncc1C(C)NCC(O)COc1cccc(C(F)(F)F)c1. The van der Waals surface area contributed by atoms with Crippen LogP contribution in [0.5, 0.6) is 5.75 Å². The van der Waals surface area contributed by atoms with Crippen LogP contribution in [0.15, 0.2) is 30.5 Å². The molecule has 0 saturated carbocycles. The fourth-order valence-electron chi connectivity index (χ4n) is 2.23. The lowest BCUT2D eigenvalue weighted by Crippen LogP contribution is -2.33. The summed E-state index contributed by atoms with van der Waals surface area (Å²) in [5, 5.41) is 19.8. The van der Waals surface area contributed by atoms with Crippen molar-refractivity contribution in [2.45, 2.75) is 32.2 Å². The second kappa shape index (κ2) is 7.67. The van der Waals surface area contributed by atoms with Gasteiger partial charge in [0.05, 0.1) is 11.8 Å². The summed E-state index contributed by atoms with van der Waals surface area (Å²) in [5.41, 5.74) is 1.14. The molecule has 0 amide bonds. The van der Waals surface area contributed by atoms with Crippen LogP contribution in [0.1, 0.15) is 29.8 Å². The number of nitrogens with zero attached hydrogens (tertiary/aromatic N) is 1. The molecule has 24 heavy (non-hydrogen) atoms. The molecule has 1 aromatic carbocycles. The minimum absolute atomic E-state index is 0.0213. The van der Waals surface area contributed by atoms with Crippen LogP contribution in [-0.2, 0) is 6.18 Å². The molecule has 132 valence electrons. The number of aryl methyl sites for hydroxylation is 1. The zero-order chi connectivity index (χ0) is 17.7. The van der Waals surface area contributed by atoms with Gasteiger partial charge in [-0.25, -0.2) is 0 Å². The van der Waals surface area contributed by atoms with E-state index in [2.05, 4.69) is 15.5 Å². The fourth-order valence-corrected chi connectivity index (χ4v) is 2.23. The summed E-state index contributed by atoms with van der Waals surface area (Å²) in [5.74, 6) is 0.0719. The Hall–Kier alpha value is -2.06. The molecule has 1 aromatic heterocycles. The largest absolute Gasteiger partial charge is 0.491 e. The van der Waals surface area contributed by atoms with Gasteiger partial charge >= 0.3 is 6.18 Å². The van der Waals surface area contributed by atoms with Gasteiger partial charge in [-0.3, -0.25) is 5.10 Å². The number of hydrogen-bond donors (Lipinski definition) is 3. The van der Waals surface area contributed by atoms with Gasteiger partial charge in [0, 0.05) is 23.8 Å². The topological polar surface area (TPSA) is 70.2 Å². The fraction of sp³-hybridized carbons (Fsp3) is 0.438. The zero-order valence-electron chi connectivity index (χ0n) is 13.4. The van der Waals surface area contributed by atoms with Crippen LogP contribution in [0.2, 0.25) is 0 Å². The third-order valence-electron chi connectivity index (χ3n) is 3.60. The molecule has 1 heterocycles. The van der Waals surface area contributed by atoms with Gasteiger partial charge in [-0.15, -0.1) is 0 Å². The number of aromatic nitrogens is 2. The van der Waals surface area contributed by atoms with E-state index in [0.29, 0.717) is 0 Å². The number of H-pyrrole nitrogens is 1. The molecule has 5 nitrogen and oxygen atoms in total. The van der Waals surface area contributed by atoms with Crippen molar-refractivity contribution in [3.05, 3.63) is 47.3 Å². The van der Waals surface area contributed by atoms with Gasteiger partial charge in [0.25, 0.3) is 0 Å². The number of aromatic amines is 1. The van der Waals surface area contributed by atoms with Gasteiger partial charge in [-0.1, -0.05) is 6.07 Å². The van der Waals surface area contributed by atoms with E-state index in [1.165, 1.54) is 12.1 Å². The predicted octanol–water partition coefficient (Wildman–Crippen LogP) is 2.83. The Morgan fingerprint density at radius 3 is 2.75 bits per heavy atom. The quantitative estimate of drug-likeness (QED) is 0.723. The van der Waals surface area contributed by atoms with Crippen LogP contribution in [0.25, 0.3) is 0 Å². The molecular weight excluding hydrogens is 323 g/mol. The second-order valence-electron chi connectivity index (χ2n) is 5.57. The molecule has 0 aliphatic rings. The Balaban J connectivity index is 1.81. The highest BCUT2D eigenvalue weighted by Crippen LogP contribution is 2.31. The molecular formula is C16H20F3N3O2. The van der Waals surface area contributed by atoms with Crippen molar-refractivity contribution in [3.63, 3.8) is 0 Å². The lowest BCUT2D eigenvalue weighted by Gasteiger charge is -2.17. The Kier molecular flexibility index (Phi) is 5.84. The minimum atomic E-state index is -4.42. The first-order valence-electron chi connectivity index (χ1n) is 7.48. The first-order chi connectivity index (χ1) is 11.3. The number of rotatable bonds is 7. The highest BCUT2D eigenvalue weighted by molar-refractivity contribution is 5.30. The summed E-state index contributed by atoms with van der Waals surface area (Å²) >= 11 is 0. The smallest absolute Gasteiger partial charge is 0.416 e. The lowest BCUT2D eigenvalue weighted by molar-refractivity contribution is -0.137. The van der Waals surface area contributed by atoms with Crippen LogP contribution in [0.4, 0.5) is 13.2 Å². The van der Waals surface area contributed by atoms with Crippen molar-refractivity contribution in [1.29, 1.82) is 0 Å². The third kappa shape index (κ3) is 4.97. The monoisotopic (exact) mass is 343 g/mol. The maximum atomic E-state index is 12.6. The van der Waals surface area contributed by atoms with Crippen molar-refractivity contribution >= 4 is 0 Å². The van der Waals surface area contributed by atoms with Crippen molar-refractivity contribution < 1.29 is 23.0 Å². The van der Waals surface area contributed by atoms with E-state index in [1.807, 2.05) is 13.8 Å². The highest BCUT2D eigenvalue weighted by Gasteiger charge is 2.30. The van der Waals surface area contributed by atoms with Gasteiger partial charge in [-0.2, -0.15) is 18.3 Å². The summed E-state index contributed by atoms with van der Waals surface area (Å²) < 4.78 is 43.1. The number of nitrogens with one attached hydrogen (secondary N) is 2. The van der Waals surface area contributed by atoms with Crippen molar-refractivity contribution in [3.8, 4) is 5.75 Å². The molecule has 0 saturated heterocycles. The van der Waals surface area contributed by atoms with Crippen molar-refractivity contribution in [2.75, 3.05) is 13.2 Å². The molecule has 2 atom stereocenters. The highest BCUT2D eigenvalue weighted by atomic mass is 19.4. The van der Waals surface area contributed by atoms with E-state index in [9.17, 15) is 18.3 Å². The van der Waals surface area contributed by atoms with Gasteiger partial charge in [-0.05, 0) is 32.0 Å². The maximum Gasteiger partial charge on any atom is 0.416 e. The second-order valence-corrected chi connectivity index (χ2v) is 5.57. The van der Waals surface area contributed by atoms with Gasteiger partial charge in [0.2, 0.25) is 0 Å². The molecule has 0 aliphatic carbocycles. The maximum absolute atomic E-state index is 12.6. The number of benzene rings is 1. The third-order valence-corrected chi connectivity index (χ3v) is 3.60. The Morgan fingerprint density at radius 1 is 1.38 bits per heavy atom. The number of hydrogen-bond acceptors (Lipinski definition) is 4. The van der Waals surface area contributed by atoms with E-state index in [1.54, 1.807) is 6.20 Å². The van der Waals surface area contributed by atoms with Gasteiger partial charge in [0.15, 0.2) is 0 Å². The van der Waals surface area contributed by atoms with Crippen LogP contribution in [-0.4, -0.2) is 34.6 Å². The van der Waals surface area contributed by atoms with Crippen LogP contribution >= 0.6 is 0 Å². The van der Waals surface area contributed by atoms with Gasteiger partial charge < -0.3 is 15.2 Å².